The molecule has 1 aromatic rings. The van der Waals surface area contributed by atoms with Gasteiger partial charge in [0.25, 0.3) is 6.43 Å². The third-order valence-corrected chi connectivity index (χ3v) is 2.55. The minimum atomic E-state index is -2.62. The summed E-state index contributed by atoms with van der Waals surface area (Å²) in [7, 11) is 0. The van der Waals surface area contributed by atoms with Crippen molar-refractivity contribution in [2.75, 3.05) is 6.61 Å². The van der Waals surface area contributed by atoms with Crippen molar-refractivity contribution in [3.8, 4) is 0 Å². The van der Waals surface area contributed by atoms with Gasteiger partial charge < -0.3 is 4.74 Å². The van der Waals surface area contributed by atoms with E-state index in [1.165, 1.54) is 12.3 Å². The number of carbonyl (C=O) groups is 1. The Bertz CT molecular complexity index is 385. The number of ether oxygens (including phenoxy) is 1. The highest BCUT2D eigenvalue weighted by atomic mass is 79.9. The highest BCUT2D eigenvalue weighted by Crippen LogP contribution is 2.23. The Hall–Kier alpha value is -1.04. The number of esters is 1. The van der Waals surface area contributed by atoms with Crippen LogP contribution in [0, 0.1) is 0 Å². The normalized spacial score (nSPS) is 10.6. The number of rotatable bonds is 4. The van der Waals surface area contributed by atoms with E-state index in [9.17, 15) is 13.6 Å². The molecular formula is C10H10BrF2NO2. The fourth-order valence-electron chi connectivity index (χ4n) is 1.09. The summed E-state index contributed by atoms with van der Waals surface area (Å²) in [6.45, 7) is 1.99. The molecule has 0 aromatic carbocycles. The predicted molar refractivity (Wildman–Crippen MR) is 57.2 cm³/mol. The lowest BCUT2D eigenvalue weighted by molar-refractivity contribution is -0.142. The van der Waals surface area contributed by atoms with Crippen LogP contribution >= 0.6 is 15.9 Å². The summed E-state index contributed by atoms with van der Waals surface area (Å²) < 4.78 is 29.8. The summed E-state index contributed by atoms with van der Waals surface area (Å²) in [4.78, 5) is 14.7. The van der Waals surface area contributed by atoms with Crippen molar-refractivity contribution in [3.63, 3.8) is 0 Å². The van der Waals surface area contributed by atoms with Crippen LogP contribution in [-0.4, -0.2) is 17.6 Å². The van der Waals surface area contributed by atoms with E-state index < -0.39 is 12.4 Å². The van der Waals surface area contributed by atoms with E-state index >= 15 is 0 Å². The molecule has 0 saturated heterocycles. The zero-order chi connectivity index (χ0) is 12.1. The van der Waals surface area contributed by atoms with Gasteiger partial charge in [0.2, 0.25) is 0 Å². The van der Waals surface area contributed by atoms with Gasteiger partial charge in [0, 0.05) is 10.7 Å². The number of alkyl halides is 2. The van der Waals surface area contributed by atoms with Crippen LogP contribution in [0.2, 0.25) is 0 Å². The molecule has 0 aliphatic carbocycles. The lowest BCUT2D eigenvalue weighted by Gasteiger charge is -2.06. The molecule has 0 amide bonds. The van der Waals surface area contributed by atoms with Gasteiger partial charge in [-0.3, -0.25) is 9.78 Å². The van der Waals surface area contributed by atoms with Gasteiger partial charge in [-0.15, -0.1) is 0 Å². The minimum Gasteiger partial charge on any atom is -0.466 e. The molecule has 0 N–H and O–H groups in total. The lowest BCUT2D eigenvalue weighted by Crippen LogP contribution is -2.08. The van der Waals surface area contributed by atoms with Crippen molar-refractivity contribution in [2.24, 2.45) is 0 Å². The van der Waals surface area contributed by atoms with Crippen LogP contribution < -0.4 is 0 Å². The second kappa shape index (κ2) is 5.89. The third kappa shape index (κ3) is 3.52. The summed E-state index contributed by atoms with van der Waals surface area (Å²) in [5.74, 6) is -0.408. The highest BCUT2D eigenvalue weighted by Gasteiger charge is 2.13. The summed E-state index contributed by atoms with van der Waals surface area (Å²) in [5, 5.41) is 0. The molecule has 16 heavy (non-hydrogen) atoms. The second-order valence-electron chi connectivity index (χ2n) is 2.98. The fourth-order valence-corrected chi connectivity index (χ4v) is 1.57. The molecule has 0 unspecified atom stereocenters. The second-order valence-corrected chi connectivity index (χ2v) is 3.84. The van der Waals surface area contributed by atoms with Gasteiger partial charge in [0.05, 0.1) is 13.0 Å². The average molecular weight is 294 g/mol. The molecule has 1 rings (SSSR count). The largest absolute Gasteiger partial charge is 0.466 e. The van der Waals surface area contributed by atoms with Gasteiger partial charge in [0.1, 0.15) is 5.69 Å². The van der Waals surface area contributed by atoms with Crippen LogP contribution in [0.4, 0.5) is 8.78 Å². The molecule has 0 saturated carbocycles. The van der Waals surface area contributed by atoms with Crippen LogP contribution in [0.15, 0.2) is 16.7 Å². The topological polar surface area (TPSA) is 39.2 Å². The van der Waals surface area contributed by atoms with Gasteiger partial charge in [-0.2, -0.15) is 0 Å². The number of aromatic nitrogens is 1. The van der Waals surface area contributed by atoms with E-state index in [-0.39, 0.29) is 12.1 Å². The average Bonchev–Trinajstić information content (AvgIpc) is 2.21. The number of pyridine rings is 1. The Morgan fingerprint density at radius 1 is 1.62 bits per heavy atom. The highest BCUT2D eigenvalue weighted by molar-refractivity contribution is 9.10. The number of hydrogen-bond acceptors (Lipinski definition) is 3. The van der Waals surface area contributed by atoms with Crippen molar-refractivity contribution in [3.05, 3.63) is 28.0 Å². The summed E-state index contributed by atoms with van der Waals surface area (Å²) in [6.07, 6.45) is -1.35. The van der Waals surface area contributed by atoms with Crippen molar-refractivity contribution in [2.45, 2.75) is 19.8 Å². The van der Waals surface area contributed by atoms with Crippen LogP contribution in [0.3, 0.4) is 0 Å². The van der Waals surface area contributed by atoms with Gasteiger partial charge >= 0.3 is 5.97 Å². The zero-order valence-corrected chi connectivity index (χ0v) is 10.1. The Labute approximate surface area is 99.9 Å². The van der Waals surface area contributed by atoms with Crippen molar-refractivity contribution in [1.29, 1.82) is 0 Å². The molecule has 0 aliphatic rings. The first-order valence-corrected chi connectivity index (χ1v) is 5.42. The SMILES string of the molecule is CCOC(=O)Cc1cnc(C(F)F)cc1Br. The van der Waals surface area contributed by atoms with E-state index in [1.54, 1.807) is 6.92 Å². The van der Waals surface area contributed by atoms with Crippen molar-refractivity contribution < 1.29 is 18.3 Å². The first-order chi connectivity index (χ1) is 7.54. The maximum atomic E-state index is 12.3. The van der Waals surface area contributed by atoms with Crippen LogP contribution in [-0.2, 0) is 16.0 Å². The van der Waals surface area contributed by atoms with Crippen molar-refractivity contribution >= 4 is 21.9 Å². The Balaban J connectivity index is 2.79. The van der Waals surface area contributed by atoms with E-state index in [2.05, 4.69) is 20.9 Å². The molecule has 0 fully saturated rings. The molecule has 88 valence electrons. The van der Waals surface area contributed by atoms with Gasteiger partial charge in [-0.05, 0) is 18.6 Å². The molecule has 1 aromatic heterocycles. The molecule has 0 atom stereocenters. The van der Waals surface area contributed by atoms with E-state index in [1.807, 2.05) is 0 Å². The number of halogens is 3. The van der Waals surface area contributed by atoms with Crippen LogP contribution in [0.25, 0.3) is 0 Å². The first kappa shape index (κ1) is 13.0. The molecular weight excluding hydrogens is 284 g/mol. The van der Waals surface area contributed by atoms with E-state index in [0.717, 1.165) is 0 Å². The molecule has 1 heterocycles. The summed E-state index contributed by atoms with van der Waals surface area (Å²) in [5.41, 5.74) is 0.210. The van der Waals surface area contributed by atoms with Gasteiger partial charge in [-0.25, -0.2) is 8.78 Å². The van der Waals surface area contributed by atoms with E-state index in [4.69, 9.17) is 4.74 Å². The molecule has 6 heteroatoms. The zero-order valence-electron chi connectivity index (χ0n) is 8.54. The number of nitrogens with zero attached hydrogens (tertiary/aromatic N) is 1. The molecule has 0 aliphatic heterocycles. The van der Waals surface area contributed by atoms with Crippen LogP contribution in [0.1, 0.15) is 24.6 Å². The maximum Gasteiger partial charge on any atom is 0.310 e. The van der Waals surface area contributed by atoms with E-state index in [0.29, 0.717) is 16.6 Å². The van der Waals surface area contributed by atoms with Crippen molar-refractivity contribution in [1.82, 2.24) is 4.98 Å². The maximum absolute atomic E-state index is 12.3. The lowest BCUT2D eigenvalue weighted by atomic mass is 10.2. The van der Waals surface area contributed by atoms with Crippen LogP contribution in [0.5, 0.6) is 0 Å². The number of hydrogen-bond donors (Lipinski definition) is 0. The minimum absolute atomic E-state index is 0.0188. The molecule has 3 nitrogen and oxygen atoms in total. The number of carbonyl (C=O) groups excluding carboxylic acids is 1. The third-order valence-electron chi connectivity index (χ3n) is 1.81. The molecule has 0 spiro atoms. The Kier molecular flexibility index (Phi) is 4.79. The quantitative estimate of drug-likeness (QED) is 0.802. The van der Waals surface area contributed by atoms with Gasteiger partial charge in [0.15, 0.2) is 0 Å². The summed E-state index contributed by atoms with van der Waals surface area (Å²) >= 11 is 3.11. The Morgan fingerprint density at radius 2 is 2.31 bits per heavy atom. The standard InChI is InChI=1S/C10H10BrF2NO2/c1-2-16-9(15)3-6-5-14-8(10(12)13)4-7(6)11/h4-5,10H,2-3H2,1H3. The van der Waals surface area contributed by atoms with Gasteiger partial charge in [-0.1, -0.05) is 15.9 Å². The monoisotopic (exact) mass is 293 g/mol. The Morgan fingerprint density at radius 3 is 2.81 bits per heavy atom. The molecule has 0 bridgehead atoms. The molecule has 0 radical (unpaired) electrons. The predicted octanol–water partition coefficient (Wildman–Crippen LogP) is 2.89. The fraction of sp³-hybridized carbons (Fsp3) is 0.400. The summed E-state index contributed by atoms with van der Waals surface area (Å²) in [6, 6.07) is 1.21. The smallest absolute Gasteiger partial charge is 0.310 e. The first-order valence-electron chi connectivity index (χ1n) is 4.62.